The van der Waals surface area contributed by atoms with Crippen molar-refractivity contribution in [2.75, 3.05) is 38.2 Å². The molecule has 0 aliphatic carbocycles. The lowest BCUT2D eigenvalue weighted by molar-refractivity contribution is -0.0276. The molecule has 1 aromatic heterocycles. The van der Waals surface area contributed by atoms with E-state index in [4.69, 9.17) is 0 Å². The molecule has 1 N–H and O–H groups in total. The summed E-state index contributed by atoms with van der Waals surface area (Å²) < 4.78 is 0. The molecular weight excluding hydrogens is 320 g/mol. The highest BCUT2D eigenvalue weighted by Crippen LogP contribution is 2.43. The third kappa shape index (κ3) is 2.72. The van der Waals surface area contributed by atoms with Crippen molar-refractivity contribution in [3.8, 4) is 10.6 Å². The molecule has 1 aromatic carbocycles. The Hall–Kier alpha value is -1.50. The fourth-order valence-corrected chi connectivity index (χ4v) is 5.12. The predicted molar refractivity (Wildman–Crippen MR) is 97.3 cm³/mol. The minimum atomic E-state index is 0.0659. The van der Waals surface area contributed by atoms with Gasteiger partial charge in [0.25, 0.3) is 0 Å². The van der Waals surface area contributed by atoms with Gasteiger partial charge in [0.05, 0.1) is 6.61 Å². The van der Waals surface area contributed by atoms with Gasteiger partial charge < -0.3 is 14.9 Å². The fraction of sp³-hybridized carbons (Fsp3) is 0.556. The zero-order valence-electron chi connectivity index (χ0n) is 14.1. The van der Waals surface area contributed by atoms with Crippen molar-refractivity contribution in [2.24, 2.45) is 5.41 Å². The molecule has 3 heterocycles. The molecule has 0 spiro atoms. The number of benzene rings is 1. The molecule has 0 amide bonds. The Morgan fingerprint density at radius 1 is 1.21 bits per heavy atom. The van der Waals surface area contributed by atoms with Crippen LogP contribution >= 0.6 is 11.3 Å². The smallest absolute Gasteiger partial charge is 0.208 e. The zero-order chi connectivity index (χ0) is 16.6. The van der Waals surface area contributed by atoms with Crippen molar-refractivity contribution in [3.63, 3.8) is 0 Å². The highest BCUT2D eigenvalue weighted by atomic mass is 32.1. The Kier molecular flexibility index (Phi) is 4.28. The van der Waals surface area contributed by atoms with Gasteiger partial charge in [0.1, 0.15) is 5.01 Å². The van der Waals surface area contributed by atoms with Gasteiger partial charge in [-0.2, -0.15) is 0 Å². The van der Waals surface area contributed by atoms with Crippen LogP contribution in [-0.2, 0) is 0 Å². The van der Waals surface area contributed by atoms with E-state index in [2.05, 4.69) is 39.2 Å². The molecule has 0 saturated carbocycles. The first-order chi connectivity index (χ1) is 11.7. The molecular formula is C18H24N4OS. The number of likely N-dealkylation sites (N-methyl/N-ethyl adjacent to an activating group) is 1. The van der Waals surface area contributed by atoms with Gasteiger partial charge in [-0.15, -0.1) is 10.2 Å². The summed E-state index contributed by atoms with van der Waals surface area (Å²) in [6.07, 6.45) is 3.35. The summed E-state index contributed by atoms with van der Waals surface area (Å²) in [5.41, 5.74) is 1.19. The van der Waals surface area contributed by atoms with Crippen molar-refractivity contribution in [2.45, 2.75) is 25.3 Å². The summed E-state index contributed by atoms with van der Waals surface area (Å²) in [6.45, 7) is 3.29. The van der Waals surface area contributed by atoms with Crippen LogP contribution in [0, 0.1) is 5.41 Å². The lowest BCUT2D eigenvalue weighted by atomic mass is 9.69. The normalized spacial score (nSPS) is 27.9. The average molecular weight is 344 g/mol. The van der Waals surface area contributed by atoms with Crippen molar-refractivity contribution in [3.05, 3.63) is 30.3 Å². The highest BCUT2D eigenvalue weighted by Gasteiger charge is 2.46. The molecule has 4 rings (SSSR count). The SMILES string of the molecule is CN1CCC[C@]2(CO)CCN(c3nnc(-c4ccccc4)s3)C[C@@H]12. The quantitative estimate of drug-likeness (QED) is 0.927. The third-order valence-corrected chi connectivity index (χ3v) is 6.75. The van der Waals surface area contributed by atoms with E-state index in [9.17, 15) is 5.11 Å². The standard InChI is InChI=1S/C18H24N4OS/c1-21-10-5-8-18(13-23)9-11-22(12-15(18)21)17-20-19-16(24-17)14-6-3-2-4-7-14/h2-4,6-7,15,23H,5,8-13H2,1H3/t15-,18-/m1/s1. The van der Waals surface area contributed by atoms with Gasteiger partial charge in [-0.05, 0) is 32.9 Å². The summed E-state index contributed by atoms with van der Waals surface area (Å²) in [5, 5.41) is 20.8. The maximum atomic E-state index is 10.0. The fourth-order valence-electron chi connectivity index (χ4n) is 4.23. The van der Waals surface area contributed by atoms with E-state index in [-0.39, 0.29) is 5.41 Å². The van der Waals surface area contributed by atoms with Crippen molar-refractivity contribution in [1.82, 2.24) is 15.1 Å². The topological polar surface area (TPSA) is 52.5 Å². The number of fused-ring (bicyclic) bond motifs is 1. The first kappa shape index (κ1) is 16.0. The molecule has 0 bridgehead atoms. The minimum Gasteiger partial charge on any atom is -0.396 e. The summed E-state index contributed by atoms with van der Waals surface area (Å²) in [6, 6.07) is 10.6. The van der Waals surface area contributed by atoms with Crippen LogP contribution in [-0.4, -0.2) is 59.5 Å². The zero-order valence-corrected chi connectivity index (χ0v) is 14.9. The second-order valence-electron chi connectivity index (χ2n) is 7.07. The average Bonchev–Trinajstić information content (AvgIpc) is 3.12. The summed E-state index contributed by atoms with van der Waals surface area (Å²) in [7, 11) is 2.19. The number of anilines is 1. The molecule has 5 nitrogen and oxygen atoms in total. The van der Waals surface area contributed by atoms with Crippen molar-refractivity contribution in [1.29, 1.82) is 0 Å². The Labute approximate surface area is 146 Å². The summed E-state index contributed by atoms with van der Waals surface area (Å²) in [4.78, 5) is 4.77. The summed E-state index contributed by atoms with van der Waals surface area (Å²) >= 11 is 1.66. The number of aliphatic hydroxyl groups excluding tert-OH is 1. The van der Waals surface area contributed by atoms with Gasteiger partial charge in [-0.1, -0.05) is 41.7 Å². The van der Waals surface area contributed by atoms with Crippen LogP contribution in [0.1, 0.15) is 19.3 Å². The van der Waals surface area contributed by atoms with Gasteiger partial charge in [0.2, 0.25) is 5.13 Å². The number of rotatable bonds is 3. The highest BCUT2D eigenvalue weighted by molar-refractivity contribution is 7.18. The van der Waals surface area contributed by atoms with Crippen LogP contribution in [0.25, 0.3) is 10.6 Å². The number of aromatic nitrogens is 2. The van der Waals surface area contributed by atoms with E-state index in [0.29, 0.717) is 12.6 Å². The van der Waals surface area contributed by atoms with Gasteiger partial charge in [0.15, 0.2) is 0 Å². The number of likely N-dealkylation sites (tertiary alicyclic amines) is 1. The second-order valence-corrected chi connectivity index (χ2v) is 8.03. The number of nitrogens with zero attached hydrogens (tertiary/aromatic N) is 4. The van der Waals surface area contributed by atoms with Gasteiger partial charge in [0, 0.05) is 30.1 Å². The van der Waals surface area contributed by atoms with Crippen molar-refractivity contribution < 1.29 is 5.11 Å². The molecule has 24 heavy (non-hydrogen) atoms. The Bertz CT molecular complexity index is 691. The van der Waals surface area contributed by atoms with E-state index >= 15 is 0 Å². The molecule has 2 fully saturated rings. The predicted octanol–water partition coefficient (Wildman–Crippen LogP) is 2.49. The van der Waals surface area contributed by atoms with Crippen molar-refractivity contribution >= 4 is 16.5 Å². The number of hydrogen-bond acceptors (Lipinski definition) is 6. The molecule has 2 aromatic rings. The van der Waals surface area contributed by atoms with Gasteiger partial charge in [-0.25, -0.2) is 0 Å². The Morgan fingerprint density at radius 2 is 2.04 bits per heavy atom. The third-order valence-electron chi connectivity index (χ3n) is 5.72. The van der Waals surface area contributed by atoms with E-state index in [1.54, 1.807) is 11.3 Å². The number of aliphatic hydroxyl groups is 1. The first-order valence-electron chi connectivity index (χ1n) is 8.67. The molecule has 2 aliphatic heterocycles. The van der Waals surface area contributed by atoms with Gasteiger partial charge >= 0.3 is 0 Å². The lowest BCUT2D eigenvalue weighted by Crippen LogP contribution is -2.61. The molecule has 128 valence electrons. The molecule has 0 unspecified atom stereocenters. The van der Waals surface area contributed by atoms with Crippen LogP contribution in [0.15, 0.2) is 30.3 Å². The van der Waals surface area contributed by atoms with E-state index in [0.717, 1.165) is 48.2 Å². The summed E-state index contributed by atoms with van der Waals surface area (Å²) in [5.74, 6) is 0. The molecule has 6 heteroatoms. The Balaban J connectivity index is 1.55. The molecule has 2 aliphatic rings. The lowest BCUT2D eigenvalue weighted by Gasteiger charge is -2.53. The number of hydrogen-bond donors (Lipinski definition) is 1. The van der Waals surface area contributed by atoms with Gasteiger partial charge in [-0.3, -0.25) is 0 Å². The van der Waals surface area contributed by atoms with E-state index in [1.807, 2.05) is 18.2 Å². The van der Waals surface area contributed by atoms with Crippen LogP contribution in [0.5, 0.6) is 0 Å². The Morgan fingerprint density at radius 3 is 2.83 bits per heavy atom. The monoisotopic (exact) mass is 344 g/mol. The van der Waals surface area contributed by atoms with Crippen LogP contribution in [0.2, 0.25) is 0 Å². The number of piperidine rings is 2. The maximum Gasteiger partial charge on any atom is 0.208 e. The molecule has 2 saturated heterocycles. The van der Waals surface area contributed by atoms with Crippen LogP contribution in [0.3, 0.4) is 0 Å². The maximum absolute atomic E-state index is 10.0. The van der Waals surface area contributed by atoms with E-state index < -0.39 is 0 Å². The second kappa shape index (κ2) is 6.43. The van der Waals surface area contributed by atoms with Crippen LogP contribution in [0.4, 0.5) is 5.13 Å². The molecule has 2 atom stereocenters. The molecule has 0 radical (unpaired) electrons. The van der Waals surface area contributed by atoms with E-state index in [1.165, 1.54) is 6.42 Å². The largest absolute Gasteiger partial charge is 0.396 e. The van der Waals surface area contributed by atoms with Crippen LogP contribution < -0.4 is 4.90 Å². The first-order valence-corrected chi connectivity index (χ1v) is 9.48. The minimum absolute atomic E-state index is 0.0659.